The summed E-state index contributed by atoms with van der Waals surface area (Å²) < 4.78 is 6.19. The number of aliphatic carboxylic acids is 1. The van der Waals surface area contributed by atoms with Gasteiger partial charge in [0, 0.05) is 5.56 Å². The highest BCUT2D eigenvalue weighted by Crippen LogP contribution is 2.37. The number of carboxylic acid groups (broad SMARTS) is 1. The Kier molecular flexibility index (Phi) is 6.29. The summed E-state index contributed by atoms with van der Waals surface area (Å²) in [6.45, 7) is 1.91. The van der Waals surface area contributed by atoms with Crippen molar-refractivity contribution in [3.05, 3.63) is 46.4 Å². The van der Waals surface area contributed by atoms with Crippen molar-refractivity contribution in [2.45, 2.75) is 25.5 Å². The van der Waals surface area contributed by atoms with Gasteiger partial charge in [-0.25, -0.2) is 4.79 Å². The van der Waals surface area contributed by atoms with Crippen LogP contribution in [0, 0.1) is 0 Å². The van der Waals surface area contributed by atoms with Crippen LogP contribution < -0.4 is 4.74 Å². The number of benzene rings is 1. The Bertz CT molecular complexity index is 849. The number of thioether (sulfide) groups is 2. The fourth-order valence-electron chi connectivity index (χ4n) is 2.91. The summed E-state index contributed by atoms with van der Waals surface area (Å²) in [5.74, 6) is 0.0483. The summed E-state index contributed by atoms with van der Waals surface area (Å²) in [5, 5.41) is 9.53. The van der Waals surface area contributed by atoms with Crippen LogP contribution in [0.4, 0.5) is 0 Å². The number of rotatable bonds is 6. The predicted molar refractivity (Wildman–Crippen MR) is 114 cm³/mol. The molecule has 1 aromatic rings. The van der Waals surface area contributed by atoms with Gasteiger partial charge in [0.2, 0.25) is 0 Å². The Morgan fingerprint density at radius 2 is 2.22 bits per heavy atom. The minimum absolute atomic E-state index is 0.213. The van der Waals surface area contributed by atoms with E-state index in [0.717, 1.165) is 28.6 Å². The number of hydrogen-bond acceptors (Lipinski definition) is 6. The van der Waals surface area contributed by atoms with E-state index in [9.17, 15) is 14.7 Å². The van der Waals surface area contributed by atoms with Gasteiger partial charge in [-0.05, 0) is 49.1 Å². The SMILES string of the molecule is CSCCC(C(=O)O)N1C(=O)/C(=C/C2=Cc3ccccc3OC2C)SC1=S. The summed E-state index contributed by atoms with van der Waals surface area (Å²) in [6.07, 6.45) is 5.78. The first-order valence-corrected chi connectivity index (χ1v) is 11.0. The molecule has 0 aliphatic carbocycles. The van der Waals surface area contributed by atoms with Crippen LogP contribution in [0.5, 0.6) is 5.75 Å². The number of carbonyl (C=O) groups is 2. The van der Waals surface area contributed by atoms with E-state index in [-0.39, 0.29) is 16.3 Å². The third-order valence-electron chi connectivity index (χ3n) is 4.33. The lowest BCUT2D eigenvalue weighted by molar-refractivity contribution is -0.145. The average molecular weight is 422 g/mol. The highest BCUT2D eigenvalue weighted by molar-refractivity contribution is 8.26. The van der Waals surface area contributed by atoms with E-state index in [4.69, 9.17) is 17.0 Å². The van der Waals surface area contributed by atoms with Crippen LogP contribution in [0.2, 0.25) is 0 Å². The fourth-order valence-corrected chi connectivity index (χ4v) is 4.73. The Morgan fingerprint density at radius 3 is 2.93 bits per heavy atom. The molecule has 0 bridgehead atoms. The Hall–Kier alpha value is -1.77. The maximum absolute atomic E-state index is 12.9. The highest BCUT2D eigenvalue weighted by atomic mass is 32.2. The molecule has 142 valence electrons. The summed E-state index contributed by atoms with van der Waals surface area (Å²) in [6, 6.07) is 6.75. The first kappa shape index (κ1) is 20.0. The van der Waals surface area contributed by atoms with E-state index in [2.05, 4.69) is 0 Å². The Morgan fingerprint density at radius 1 is 1.48 bits per heavy atom. The molecule has 0 aromatic heterocycles. The van der Waals surface area contributed by atoms with Crippen LogP contribution >= 0.6 is 35.7 Å². The van der Waals surface area contributed by atoms with Gasteiger partial charge >= 0.3 is 5.97 Å². The average Bonchev–Trinajstić information content (AvgIpc) is 2.90. The summed E-state index contributed by atoms with van der Waals surface area (Å²) in [4.78, 5) is 26.2. The molecule has 0 spiro atoms. The van der Waals surface area contributed by atoms with Crippen LogP contribution in [0.1, 0.15) is 18.9 Å². The van der Waals surface area contributed by atoms with Crippen LogP contribution in [0.25, 0.3) is 6.08 Å². The van der Waals surface area contributed by atoms with Crippen molar-refractivity contribution in [2.75, 3.05) is 12.0 Å². The molecule has 2 heterocycles. The molecule has 27 heavy (non-hydrogen) atoms. The first-order valence-electron chi connectivity index (χ1n) is 8.38. The molecule has 3 rings (SSSR count). The van der Waals surface area contributed by atoms with E-state index in [1.54, 1.807) is 17.8 Å². The molecule has 2 atom stereocenters. The molecule has 1 aromatic carbocycles. The molecule has 2 unspecified atom stereocenters. The second-order valence-electron chi connectivity index (χ2n) is 6.13. The van der Waals surface area contributed by atoms with Crippen molar-refractivity contribution >= 4 is 58.0 Å². The molecular formula is C19H19NO4S3. The molecular weight excluding hydrogens is 402 g/mol. The third kappa shape index (κ3) is 4.23. The maximum Gasteiger partial charge on any atom is 0.326 e. The van der Waals surface area contributed by atoms with E-state index in [1.165, 1.54) is 4.90 Å². The number of carbonyl (C=O) groups excluding carboxylic acids is 1. The van der Waals surface area contributed by atoms with Gasteiger partial charge in [-0.1, -0.05) is 42.2 Å². The zero-order chi connectivity index (χ0) is 19.6. The van der Waals surface area contributed by atoms with Crippen molar-refractivity contribution in [3.8, 4) is 5.75 Å². The van der Waals surface area contributed by atoms with E-state index >= 15 is 0 Å². The summed E-state index contributed by atoms with van der Waals surface area (Å²) >= 11 is 7.99. The minimum atomic E-state index is -1.04. The zero-order valence-electron chi connectivity index (χ0n) is 14.9. The van der Waals surface area contributed by atoms with Crippen LogP contribution in [0.15, 0.2) is 40.8 Å². The molecule has 1 N–H and O–H groups in total. The largest absolute Gasteiger partial charge is 0.485 e. The van der Waals surface area contributed by atoms with Crippen molar-refractivity contribution in [1.29, 1.82) is 0 Å². The van der Waals surface area contributed by atoms with Crippen molar-refractivity contribution in [3.63, 3.8) is 0 Å². The normalized spacial score (nSPS) is 21.7. The molecule has 0 radical (unpaired) electrons. The van der Waals surface area contributed by atoms with Crippen molar-refractivity contribution in [2.24, 2.45) is 0 Å². The van der Waals surface area contributed by atoms with E-state index < -0.39 is 12.0 Å². The van der Waals surface area contributed by atoms with Gasteiger partial charge in [-0.2, -0.15) is 11.8 Å². The molecule has 2 aliphatic rings. The number of ether oxygens (including phenoxy) is 1. The first-order chi connectivity index (χ1) is 12.9. The zero-order valence-corrected chi connectivity index (χ0v) is 17.3. The standard InChI is InChI=1S/C19H19NO4S3/c1-11-13(9-12-5-3-4-6-15(12)24-11)10-16-17(21)20(19(25)27-16)14(18(22)23)7-8-26-2/h3-6,9-11,14H,7-8H2,1-2H3,(H,22,23)/b16-10-. The molecule has 0 saturated carbocycles. The van der Waals surface area contributed by atoms with Gasteiger partial charge in [0.25, 0.3) is 5.91 Å². The number of carboxylic acids is 1. The smallest absolute Gasteiger partial charge is 0.326 e. The lowest BCUT2D eigenvalue weighted by atomic mass is 10.0. The lowest BCUT2D eigenvalue weighted by Crippen LogP contribution is -2.44. The quantitative estimate of drug-likeness (QED) is 0.553. The van der Waals surface area contributed by atoms with Gasteiger partial charge in [0.15, 0.2) is 0 Å². The Balaban J connectivity index is 1.88. The van der Waals surface area contributed by atoms with E-state index in [1.807, 2.05) is 43.5 Å². The Labute approximate surface area is 171 Å². The molecule has 1 fully saturated rings. The third-order valence-corrected chi connectivity index (χ3v) is 6.30. The number of para-hydroxylation sites is 1. The van der Waals surface area contributed by atoms with Gasteiger partial charge in [-0.3, -0.25) is 9.69 Å². The lowest BCUT2D eigenvalue weighted by Gasteiger charge is -2.23. The monoisotopic (exact) mass is 421 g/mol. The minimum Gasteiger partial charge on any atom is -0.485 e. The number of nitrogens with zero attached hydrogens (tertiary/aromatic N) is 1. The van der Waals surface area contributed by atoms with Crippen LogP contribution in [-0.4, -0.2) is 50.4 Å². The number of amides is 1. The van der Waals surface area contributed by atoms with Gasteiger partial charge in [-0.15, -0.1) is 0 Å². The number of hydrogen-bond donors (Lipinski definition) is 1. The summed E-state index contributed by atoms with van der Waals surface area (Å²) in [5.41, 5.74) is 1.80. The van der Waals surface area contributed by atoms with Crippen LogP contribution in [0.3, 0.4) is 0 Å². The fraction of sp³-hybridized carbons (Fsp3) is 0.316. The van der Waals surface area contributed by atoms with Crippen LogP contribution in [-0.2, 0) is 9.59 Å². The highest BCUT2D eigenvalue weighted by Gasteiger charge is 2.40. The maximum atomic E-state index is 12.9. The second-order valence-corrected chi connectivity index (χ2v) is 8.79. The molecule has 5 nitrogen and oxygen atoms in total. The van der Waals surface area contributed by atoms with Gasteiger partial charge in [0.1, 0.15) is 22.2 Å². The number of fused-ring (bicyclic) bond motifs is 1. The molecule has 2 aliphatic heterocycles. The number of thiocarbonyl (C=S) groups is 1. The van der Waals surface area contributed by atoms with Crippen molar-refractivity contribution < 1.29 is 19.4 Å². The second kappa shape index (κ2) is 8.50. The molecule has 1 amide bonds. The predicted octanol–water partition coefficient (Wildman–Crippen LogP) is 3.80. The molecule has 1 saturated heterocycles. The summed E-state index contributed by atoms with van der Waals surface area (Å²) in [7, 11) is 0. The topological polar surface area (TPSA) is 66.8 Å². The van der Waals surface area contributed by atoms with Crippen molar-refractivity contribution in [1.82, 2.24) is 4.90 Å². The van der Waals surface area contributed by atoms with E-state index in [0.29, 0.717) is 17.1 Å². The molecule has 8 heteroatoms. The van der Waals surface area contributed by atoms with Gasteiger partial charge in [0.05, 0.1) is 4.91 Å². The van der Waals surface area contributed by atoms with Gasteiger partial charge < -0.3 is 9.84 Å².